The van der Waals surface area contributed by atoms with E-state index >= 15 is 0 Å². The normalized spacial score (nSPS) is 35.3. The van der Waals surface area contributed by atoms with Crippen LogP contribution in [0.1, 0.15) is 37.4 Å². The van der Waals surface area contributed by atoms with Crippen LogP contribution < -0.4 is 5.76 Å². The maximum Gasteiger partial charge on any atom is 0.419 e. The molecule has 0 saturated heterocycles. The lowest BCUT2D eigenvalue weighted by Crippen LogP contribution is -2.08. The Hall–Kier alpha value is -1.19. The summed E-state index contributed by atoms with van der Waals surface area (Å²) in [6.07, 6.45) is 4.82. The number of nitrogens with one attached hydrogen (secondary N) is 1. The second-order valence-corrected chi connectivity index (χ2v) is 4.51. The summed E-state index contributed by atoms with van der Waals surface area (Å²) in [4.78, 5) is 13.2. The van der Waals surface area contributed by atoms with E-state index in [2.05, 4.69) is 4.98 Å². The van der Waals surface area contributed by atoms with E-state index in [-0.39, 0.29) is 11.8 Å². The average molecular weight is 195 g/mol. The van der Waals surface area contributed by atoms with Crippen molar-refractivity contribution in [2.75, 3.05) is 0 Å². The first-order valence-electron chi connectivity index (χ1n) is 5.16. The number of hydrogen-bond acceptors (Lipinski definition) is 3. The maximum absolute atomic E-state index is 10.9. The molecule has 2 N–H and O–H groups in total. The van der Waals surface area contributed by atoms with E-state index in [9.17, 15) is 9.90 Å². The molecule has 2 saturated carbocycles. The van der Waals surface area contributed by atoms with Crippen LogP contribution in [0.25, 0.3) is 0 Å². The van der Waals surface area contributed by atoms with Gasteiger partial charge in [-0.2, -0.15) is 0 Å². The van der Waals surface area contributed by atoms with Crippen molar-refractivity contribution < 1.29 is 9.52 Å². The predicted molar refractivity (Wildman–Crippen MR) is 49.2 cm³/mol. The summed E-state index contributed by atoms with van der Waals surface area (Å²) in [5.74, 6) is 1.55. The highest BCUT2D eigenvalue weighted by molar-refractivity contribution is 5.21. The largest absolute Gasteiger partial charge is 0.492 e. The second-order valence-electron chi connectivity index (χ2n) is 4.51. The first-order chi connectivity index (χ1) is 6.74. The van der Waals surface area contributed by atoms with Crippen molar-refractivity contribution in [2.24, 2.45) is 11.8 Å². The molecule has 1 aromatic heterocycles. The number of aromatic hydroxyl groups is 1. The van der Waals surface area contributed by atoms with Gasteiger partial charge in [-0.1, -0.05) is 6.42 Å². The number of hydrogen-bond donors (Lipinski definition) is 2. The van der Waals surface area contributed by atoms with Crippen LogP contribution in [0, 0.1) is 11.8 Å². The molecule has 2 fully saturated rings. The fraction of sp³-hybridized carbons (Fsp3) is 0.700. The lowest BCUT2D eigenvalue weighted by atomic mass is 9.87. The molecule has 4 nitrogen and oxygen atoms in total. The number of rotatable bonds is 1. The van der Waals surface area contributed by atoms with Crippen LogP contribution in [0.3, 0.4) is 0 Å². The number of aromatic nitrogens is 1. The van der Waals surface area contributed by atoms with E-state index in [1.54, 1.807) is 0 Å². The number of aromatic amines is 1. The summed E-state index contributed by atoms with van der Waals surface area (Å²) in [6.45, 7) is 0. The Morgan fingerprint density at radius 1 is 1.36 bits per heavy atom. The number of fused-ring (bicyclic) bond motifs is 2. The van der Waals surface area contributed by atoms with Crippen LogP contribution >= 0.6 is 0 Å². The molecule has 3 rings (SSSR count). The van der Waals surface area contributed by atoms with Gasteiger partial charge in [-0.3, -0.25) is 4.98 Å². The van der Waals surface area contributed by atoms with Crippen molar-refractivity contribution >= 4 is 0 Å². The molecule has 0 aromatic carbocycles. The Morgan fingerprint density at radius 3 is 2.71 bits per heavy atom. The zero-order valence-corrected chi connectivity index (χ0v) is 7.82. The average Bonchev–Trinajstić information content (AvgIpc) is 2.79. The highest BCUT2D eigenvalue weighted by Crippen LogP contribution is 2.53. The van der Waals surface area contributed by atoms with Crippen LogP contribution in [-0.2, 0) is 0 Å². The molecule has 1 heterocycles. The topological polar surface area (TPSA) is 66.2 Å². The molecule has 0 aliphatic heterocycles. The molecule has 2 aliphatic carbocycles. The molecule has 2 bridgehead atoms. The lowest BCUT2D eigenvalue weighted by molar-refractivity contribution is 0.329. The Kier molecular flexibility index (Phi) is 1.54. The van der Waals surface area contributed by atoms with Gasteiger partial charge in [0.25, 0.3) is 0 Å². The standard InChI is InChI=1S/C10H13NO3/c12-9-8(14-10(13)11-9)7-4-5-1-2-6(7)3-5/h5-7,12H,1-4H2,(H,11,13). The summed E-state index contributed by atoms with van der Waals surface area (Å²) < 4.78 is 4.99. The monoisotopic (exact) mass is 195 g/mol. The minimum absolute atomic E-state index is 0.0625. The van der Waals surface area contributed by atoms with Gasteiger partial charge in [0.15, 0.2) is 5.76 Å². The molecule has 14 heavy (non-hydrogen) atoms. The lowest BCUT2D eigenvalue weighted by Gasteiger charge is -2.18. The van der Waals surface area contributed by atoms with E-state index in [0.29, 0.717) is 11.7 Å². The Morgan fingerprint density at radius 2 is 2.21 bits per heavy atom. The van der Waals surface area contributed by atoms with Gasteiger partial charge in [-0.25, -0.2) is 4.79 Å². The molecular weight excluding hydrogens is 182 g/mol. The third-order valence-electron chi connectivity index (χ3n) is 3.73. The summed E-state index contributed by atoms with van der Waals surface area (Å²) in [6, 6.07) is 0. The molecule has 3 atom stereocenters. The molecule has 4 heteroatoms. The van der Waals surface area contributed by atoms with Gasteiger partial charge in [-0.15, -0.1) is 0 Å². The molecule has 0 amide bonds. The van der Waals surface area contributed by atoms with E-state index in [0.717, 1.165) is 12.3 Å². The molecule has 2 aliphatic rings. The van der Waals surface area contributed by atoms with Crippen LogP contribution in [-0.4, -0.2) is 10.1 Å². The summed E-state index contributed by atoms with van der Waals surface area (Å²) in [7, 11) is 0. The molecule has 0 spiro atoms. The minimum Gasteiger partial charge on any atom is -0.492 e. The highest BCUT2D eigenvalue weighted by Gasteiger charge is 2.43. The van der Waals surface area contributed by atoms with Crippen LogP contribution in [0.15, 0.2) is 9.21 Å². The quantitative estimate of drug-likeness (QED) is 0.714. The molecule has 0 radical (unpaired) electrons. The van der Waals surface area contributed by atoms with E-state index in [1.165, 1.54) is 19.3 Å². The second kappa shape index (κ2) is 2.65. The van der Waals surface area contributed by atoms with Gasteiger partial charge in [0.1, 0.15) is 0 Å². The van der Waals surface area contributed by atoms with Gasteiger partial charge < -0.3 is 9.52 Å². The van der Waals surface area contributed by atoms with Gasteiger partial charge in [0.05, 0.1) is 0 Å². The number of H-pyrrole nitrogens is 1. The smallest absolute Gasteiger partial charge is 0.419 e. The zero-order valence-electron chi connectivity index (χ0n) is 7.82. The van der Waals surface area contributed by atoms with Crippen LogP contribution in [0.4, 0.5) is 0 Å². The summed E-state index contributed by atoms with van der Waals surface area (Å²) in [5.41, 5.74) is 0. The molecular formula is C10H13NO3. The fourth-order valence-electron chi connectivity index (χ4n) is 3.15. The first-order valence-corrected chi connectivity index (χ1v) is 5.16. The predicted octanol–water partition coefficient (Wildman–Crippen LogP) is 1.58. The van der Waals surface area contributed by atoms with Crippen LogP contribution in [0.5, 0.6) is 5.88 Å². The third kappa shape index (κ3) is 1.03. The van der Waals surface area contributed by atoms with Crippen LogP contribution in [0.2, 0.25) is 0 Å². The number of oxazole rings is 1. The molecule has 76 valence electrons. The fourth-order valence-corrected chi connectivity index (χ4v) is 3.15. The van der Waals surface area contributed by atoms with Crippen molar-refractivity contribution in [3.8, 4) is 5.88 Å². The highest BCUT2D eigenvalue weighted by atomic mass is 16.4. The zero-order chi connectivity index (χ0) is 9.71. The molecule has 3 unspecified atom stereocenters. The van der Waals surface area contributed by atoms with E-state index in [4.69, 9.17) is 4.42 Å². The maximum atomic E-state index is 10.9. The van der Waals surface area contributed by atoms with Crippen molar-refractivity contribution in [1.29, 1.82) is 0 Å². The van der Waals surface area contributed by atoms with Gasteiger partial charge in [-0.05, 0) is 31.1 Å². The first kappa shape index (κ1) is 8.15. The van der Waals surface area contributed by atoms with Gasteiger partial charge >= 0.3 is 5.76 Å². The molecule has 1 aromatic rings. The Labute approximate surface area is 80.9 Å². The van der Waals surface area contributed by atoms with Crippen molar-refractivity contribution in [3.63, 3.8) is 0 Å². The van der Waals surface area contributed by atoms with Crippen molar-refractivity contribution in [3.05, 3.63) is 16.3 Å². The van der Waals surface area contributed by atoms with Crippen molar-refractivity contribution in [1.82, 2.24) is 4.98 Å². The third-order valence-corrected chi connectivity index (χ3v) is 3.73. The van der Waals surface area contributed by atoms with E-state index < -0.39 is 5.76 Å². The van der Waals surface area contributed by atoms with E-state index in [1.807, 2.05) is 0 Å². The Balaban J connectivity index is 1.96. The SMILES string of the molecule is O=c1[nH]c(O)c(C2CC3CCC2C3)o1. The summed E-state index contributed by atoms with van der Waals surface area (Å²) >= 11 is 0. The Bertz CT molecular complexity index is 406. The minimum atomic E-state index is -0.541. The van der Waals surface area contributed by atoms with Gasteiger partial charge in [0.2, 0.25) is 5.88 Å². The summed E-state index contributed by atoms with van der Waals surface area (Å²) in [5, 5.41) is 9.47. The van der Waals surface area contributed by atoms with Crippen molar-refractivity contribution in [2.45, 2.75) is 31.6 Å². The van der Waals surface area contributed by atoms with Gasteiger partial charge in [0, 0.05) is 5.92 Å².